The first kappa shape index (κ1) is 20.8. The summed E-state index contributed by atoms with van der Waals surface area (Å²) in [6.07, 6.45) is 3.88. The van der Waals surface area contributed by atoms with E-state index in [9.17, 15) is 9.59 Å². The van der Waals surface area contributed by atoms with Crippen LogP contribution in [0, 0.1) is 0 Å². The van der Waals surface area contributed by atoms with E-state index in [1.807, 2.05) is 6.92 Å². The number of hydrogen-bond donors (Lipinski definition) is 4. The second kappa shape index (κ2) is 8.64. The van der Waals surface area contributed by atoms with Crippen LogP contribution >= 0.6 is 0 Å². The quantitative estimate of drug-likeness (QED) is 0.441. The number of nitrogen functional groups attached to an aromatic ring is 2. The number of rotatable bonds is 7. The lowest BCUT2D eigenvalue weighted by atomic mass is 10.0. The first-order chi connectivity index (χ1) is 14.3. The Kier molecular flexibility index (Phi) is 6.00. The minimum absolute atomic E-state index is 0.00496. The van der Waals surface area contributed by atoms with Crippen molar-refractivity contribution >= 4 is 34.8 Å². The molecule has 3 rings (SSSR count). The molecule has 0 saturated heterocycles. The molecule has 3 heterocycles. The molecule has 1 amide bonds. The van der Waals surface area contributed by atoms with Crippen molar-refractivity contribution in [1.82, 2.24) is 30.2 Å². The van der Waals surface area contributed by atoms with Crippen LogP contribution in [-0.4, -0.2) is 47.9 Å². The van der Waals surface area contributed by atoms with Gasteiger partial charge < -0.3 is 21.9 Å². The molecule has 0 aromatic carbocycles. The molecule has 0 aliphatic carbocycles. The first-order valence-electron chi connectivity index (χ1n) is 9.36. The van der Waals surface area contributed by atoms with Crippen molar-refractivity contribution < 1.29 is 14.7 Å². The van der Waals surface area contributed by atoms with Crippen LogP contribution in [-0.2, 0) is 11.2 Å². The number of carboxylic acid groups (broad SMARTS) is 1. The predicted molar refractivity (Wildman–Crippen MR) is 110 cm³/mol. The molecule has 0 bridgehead atoms. The van der Waals surface area contributed by atoms with Crippen molar-refractivity contribution in [3.05, 3.63) is 29.7 Å². The maximum absolute atomic E-state index is 12.9. The Morgan fingerprint density at radius 2 is 1.93 bits per heavy atom. The number of carbonyl (C=O) groups excluding carboxylic acids is 1. The highest BCUT2D eigenvalue weighted by molar-refractivity contribution is 6.00. The van der Waals surface area contributed by atoms with Crippen molar-refractivity contribution in [2.75, 3.05) is 11.5 Å². The molecule has 6 N–H and O–H groups in total. The lowest BCUT2D eigenvalue weighted by Gasteiger charge is -2.15. The number of fused-ring (bicyclic) bond motifs is 1. The molecule has 0 fully saturated rings. The number of pyridine rings is 1. The van der Waals surface area contributed by atoms with Crippen molar-refractivity contribution in [1.29, 1.82) is 0 Å². The Morgan fingerprint density at radius 1 is 1.17 bits per heavy atom. The lowest BCUT2D eigenvalue weighted by Crippen LogP contribution is -2.33. The first-order valence-corrected chi connectivity index (χ1v) is 9.36. The molecule has 0 aliphatic heterocycles. The average Bonchev–Trinajstić information content (AvgIpc) is 2.71. The van der Waals surface area contributed by atoms with Gasteiger partial charge in [0.15, 0.2) is 17.0 Å². The number of hydrogen-bond acceptors (Lipinski definition) is 9. The Bertz CT molecular complexity index is 1120. The van der Waals surface area contributed by atoms with E-state index >= 15 is 0 Å². The maximum atomic E-state index is 12.9. The summed E-state index contributed by atoms with van der Waals surface area (Å²) in [5.41, 5.74) is 14.0. The van der Waals surface area contributed by atoms with Crippen LogP contribution in [0.2, 0.25) is 0 Å². The van der Waals surface area contributed by atoms with Gasteiger partial charge in [0.2, 0.25) is 5.95 Å². The number of anilines is 2. The molecule has 1 unspecified atom stereocenters. The van der Waals surface area contributed by atoms with Gasteiger partial charge in [-0.25, -0.2) is 9.97 Å². The molecule has 3 aromatic heterocycles. The van der Waals surface area contributed by atoms with Gasteiger partial charge in [0.05, 0.1) is 17.5 Å². The number of nitrogens with two attached hydrogens (primary N) is 2. The van der Waals surface area contributed by atoms with Gasteiger partial charge >= 0.3 is 5.97 Å². The molecule has 30 heavy (non-hydrogen) atoms. The third-order valence-corrected chi connectivity index (χ3v) is 4.46. The Hall–Kier alpha value is -3.89. The molecular weight excluding hydrogens is 388 g/mol. The standard InChI is InChI=1S/C19H22N8O3/c1-3-10-6-11(12(7-22-10)18(30)24-9(2)4-5-14(28)29)13-8-23-17-15(25-13)16(20)26-19(21)27-17/h6-9H,3-5H2,1-2H3,(H,24,30)(H,28,29)(H4,20,21,23,26,27). The smallest absolute Gasteiger partial charge is 0.303 e. The highest BCUT2D eigenvalue weighted by Crippen LogP contribution is 2.25. The number of amides is 1. The molecule has 156 valence electrons. The van der Waals surface area contributed by atoms with Crippen LogP contribution in [0.5, 0.6) is 0 Å². The summed E-state index contributed by atoms with van der Waals surface area (Å²) >= 11 is 0. The van der Waals surface area contributed by atoms with Crippen LogP contribution in [0.15, 0.2) is 18.5 Å². The molecule has 0 radical (unpaired) electrons. The fraction of sp³-hybridized carbons (Fsp3) is 0.316. The summed E-state index contributed by atoms with van der Waals surface area (Å²) in [5, 5.41) is 11.6. The highest BCUT2D eigenvalue weighted by atomic mass is 16.4. The van der Waals surface area contributed by atoms with Crippen molar-refractivity contribution in [2.45, 2.75) is 39.2 Å². The zero-order valence-electron chi connectivity index (χ0n) is 16.6. The van der Waals surface area contributed by atoms with E-state index in [1.54, 1.807) is 13.0 Å². The zero-order valence-corrected chi connectivity index (χ0v) is 16.6. The van der Waals surface area contributed by atoms with E-state index in [0.29, 0.717) is 24.1 Å². The second-order valence-electron chi connectivity index (χ2n) is 6.78. The lowest BCUT2D eigenvalue weighted by molar-refractivity contribution is -0.137. The Labute approximate surface area is 172 Å². The largest absolute Gasteiger partial charge is 0.481 e. The Morgan fingerprint density at radius 3 is 2.63 bits per heavy atom. The predicted octanol–water partition coefficient (Wildman–Crippen LogP) is 1.19. The number of aromatic nitrogens is 5. The van der Waals surface area contributed by atoms with Crippen molar-refractivity contribution in [3.8, 4) is 11.3 Å². The van der Waals surface area contributed by atoms with Gasteiger partial charge in [-0.05, 0) is 25.8 Å². The topological polar surface area (TPSA) is 183 Å². The Balaban J connectivity index is 2.00. The minimum Gasteiger partial charge on any atom is -0.481 e. The van der Waals surface area contributed by atoms with E-state index in [2.05, 4.69) is 30.2 Å². The van der Waals surface area contributed by atoms with Gasteiger partial charge in [0.25, 0.3) is 5.91 Å². The monoisotopic (exact) mass is 410 g/mol. The number of nitrogens with zero attached hydrogens (tertiary/aromatic N) is 5. The van der Waals surface area contributed by atoms with E-state index in [1.165, 1.54) is 12.4 Å². The molecule has 3 aromatic rings. The summed E-state index contributed by atoms with van der Waals surface area (Å²) in [4.78, 5) is 44.6. The third kappa shape index (κ3) is 4.57. The molecule has 0 aliphatic rings. The van der Waals surface area contributed by atoms with Gasteiger partial charge in [0, 0.05) is 29.9 Å². The van der Waals surface area contributed by atoms with E-state index in [0.717, 1.165) is 5.69 Å². The molecule has 11 heteroatoms. The number of carbonyl (C=O) groups is 2. The van der Waals surface area contributed by atoms with Gasteiger partial charge in [-0.15, -0.1) is 0 Å². The zero-order chi connectivity index (χ0) is 21.8. The van der Waals surface area contributed by atoms with Crippen LogP contribution in [0.4, 0.5) is 11.8 Å². The van der Waals surface area contributed by atoms with Crippen LogP contribution in [0.25, 0.3) is 22.4 Å². The van der Waals surface area contributed by atoms with Crippen molar-refractivity contribution in [3.63, 3.8) is 0 Å². The van der Waals surface area contributed by atoms with Crippen LogP contribution in [0.3, 0.4) is 0 Å². The van der Waals surface area contributed by atoms with Crippen molar-refractivity contribution in [2.24, 2.45) is 0 Å². The van der Waals surface area contributed by atoms with E-state index < -0.39 is 5.97 Å². The number of carboxylic acids is 1. The van der Waals surface area contributed by atoms with Gasteiger partial charge in [0.1, 0.15) is 0 Å². The van der Waals surface area contributed by atoms with Gasteiger partial charge in [-0.1, -0.05) is 6.92 Å². The SMILES string of the molecule is CCc1cc(-c2cnc3nc(N)nc(N)c3n2)c(C(=O)NC(C)CCC(=O)O)cn1. The summed E-state index contributed by atoms with van der Waals surface area (Å²) in [5.74, 6) is -1.22. The summed E-state index contributed by atoms with van der Waals surface area (Å²) in [6.45, 7) is 3.69. The minimum atomic E-state index is -0.919. The second-order valence-corrected chi connectivity index (χ2v) is 6.78. The van der Waals surface area contributed by atoms with E-state index in [4.69, 9.17) is 16.6 Å². The molecular formula is C19H22N8O3. The molecule has 0 spiro atoms. The summed E-state index contributed by atoms with van der Waals surface area (Å²) in [6, 6.07) is 1.43. The number of aryl methyl sites for hydroxylation is 1. The maximum Gasteiger partial charge on any atom is 0.303 e. The third-order valence-electron chi connectivity index (χ3n) is 4.46. The number of aliphatic carboxylic acids is 1. The molecule has 0 saturated carbocycles. The fourth-order valence-corrected chi connectivity index (χ4v) is 2.87. The van der Waals surface area contributed by atoms with Crippen LogP contribution < -0.4 is 16.8 Å². The van der Waals surface area contributed by atoms with Gasteiger partial charge in [-0.3, -0.25) is 14.6 Å². The average molecular weight is 410 g/mol. The fourth-order valence-electron chi connectivity index (χ4n) is 2.87. The highest BCUT2D eigenvalue weighted by Gasteiger charge is 2.19. The molecule has 1 atom stereocenters. The number of nitrogens with one attached hydrogen (secondary N) is 1. The summed E-state index contributed by atoms with van der Waals surface area (Å²) < 4.78 is 0. The van der Waals surface area contributed by atoms with Gasteiger partial charge in [-0.2, -0.15) is 9.97 Å². The van der Waals surface area contributed by atoms with Crippen LogP contribution in [0.1, 0.15) is 42.7 Å². The van der Waals surface area contributed by atoms with E-state index in [-0.39, 0.29) is 46.9 Å². The summed E-state index contributed by atoms with van der Waals surface area (Å²) in [7, 11) is 0. The molecule has 11 nitrogen and oxygen atoms in total. The normalized spacial score (nSPS) is 11.9.